The Balaban J connectivity index is 2.73. The van der Waals surface area contributed by atoms with Crippen molar-refractivity contribution in [2.75, 3.05) is 6.54 Å². The van der Waals surface area contributed by atoms with E-state index in [9.17, 15) is 4.79 Å². The zero-order valence-electron chi connectivity index (χ0n) is 7.33. The van der Waals surface area contributed by atoms with Gasteiger partial charge in [0.1, 0.15) is 5.15 Å². The predicted octanol–water partition coefficient (Wildman–Crippen LogP) is 1.43. The van der Waals surface area contributed by atoms with Crippen LogP contribution in [0.5, 0.6) is 0 Å². The van der Waals surface area contributed by atoms with Crippen molar-refractivity contribution >= 4 is 17.7 Å². The van der Waals surface area contributed by atoms with Crippen LogP contribution in [0.4, 0.5) is 0 Å². The van der Waals surface area contributed by atoms with E-state index in [1.165, 1.54) is 6.08 Å². The van der Waals surface area contributed by atoms with Crippen molar-refractivity contribution in [3.8, 4) is 0 Å². The fourth-order valence-electron chi connectivity index (χ4n) is 1.11. The van der Waals surface area contributed by atoms with E-state index in [0.717, 1.165) is 12.2 Å². The number of imidazole rings is 1. The Morgan fingerprint density at radius 2 is 2.54 bits per heavy atom. The third kappa shape index (κ3) is 2.41. The van der Waals surface area contributed by atoms with E-state index in [0.29, 0.717) is 18.1 Å². The minimum absolute atomic E-state index is 0.412. The van der Waals surface area contributed by atoms with Crippen molar-refractivity contribution < 1.29 is 4.79 Å². The number of nitrogens with zero attached hydrogens (tertiary/aromatic N) is 3. The molecule has 0 amide bonds. The van der Waals surface area contributed by atoms with Crippen LogP contribution in [0.15, 0.2) is 11.3 Å². The van der Waals surface area contributed by atoms with Gasteiger partial charge in [0.25, 0.3) is 0 Å². The minimum atomic E-state index is 0.412. The lowest BCUT2D eigenvalue weighted by Crippen LogP contribution is -2.01. The second kappa shape index (κ2) is 4.80. The van der Waals surface area contributed by atoms with E-state index in [2.05, 4.69) is 9.98 Å². The first-order chi connectivity index (χ1) is 6.29. The number of carbonyl (C=O) groups excluding carboxylic acids is 1. The first kappa shape index (κ1) is 9.96. The molecule has 1 rings (SSSR count). The van der Waals surface area contributed by atoms with E-state index < -0.39 is 0 Å². The molecular weight excluding hydrogens is 190 g/mol. The van der Waals surface area contributed by atoms with Gasteiger partial charge in [0, 0.05) is 13.0 Å². The van der Waals surface area contributed by atoms with Gasteiger partial charge in [-0.05, 0) is 6.92 Å². The molecule has 0 aliphatic heterocycles. The zero-order valence-corrected chi connectivity index (χ0v) is 8.08. The summed E-state index contributed by atoms with van der Waals surface area (Å²) in [7, 11) is 0. The average molecular weight is 200 g/mol. The van der Waals surface area contributed by atoms with Gasteiger partial charge in [-0.2, -0.15) is 0 Å². The van der Waals surface area contributed by atoms with Crippen molar-refractivity contribution in [2.45, 2.75) is 19.9 Å². The molecule has 0 atom stereocenters. The Labute approximate surface area is 81.3 Å². The van der Waals surface area contributed by atoms with Crippen LogP contribution in [-0.4, -0.2) is 22.2 Å². The second-order valence-corrected chi connectivity index (χ2v) is 2.85. The highest BCUT2D eigenvalue weighted by Gasteiger charge is 2.06. The molecule has 1 heterocycles. The lowest BCUT2D eigenvalue weighted by atomic mass is 10.3. The van der Waals surface area contributed by atoms with Crippen LogP contribution in [0.2, 0.25) is 5.15 Å². The van der Waals surface area contributed by atoms with Gasteiger partial charge in [0.2, 0.25) is 6.08 Å². The quantitative estimate of drug-likeness (QED) is 0.544. The fraction of sp³-hybridized carbons (Fsp3) is 0.500. The molecule has 1 aromatic heterocycles. The summed E-state index contributed by atoms with van der Waals surface area (Å²) >= 11 is 5.83. The van der Waals surface area contributed by atoms with E-state index in [4.69, 9.17) is 11.6 Å². The minimum Gasteiger partial charge on any atom is -0.333 e. The number of halogens is 1. The van der Waals surface area contributed by atoms with Crippen LogP contribution in [0, 0.1) is 0 Å². The number of hydrogen-bond acceptors (Lipinski definition) is 3. The van der Waals surface area contributed by atoms with Crippen LogP contribution >= 0.6 is 11.6 Å². The SMILES string of the molecule is CCn1cnc(Cl)c1CCN=C=O. The Morgan fingerprint density at radius 1 is 1.77 bits per heavy atom. The maximum atomic E-state index is 9.83. The number of rotatable bonds is 4. The molecular formula is C8H10ClN3O. The number of aliphatic imine (C=N–C) groups is 1. The van der Waals surface area contributed by atoms with Gasteiger partial charge < -0.3 is 4.57 Å². The third-order valence-electron chi connectivity index (χ3n) is 1.76. The van der Waals surface area contributed by atoms with Gasteiger partial charge in [0.15, 0.2) is 0 Å². The second-order valence-electron chi connectivity index (χ2n) is 2.49. The summed E-state index contributed by atoms with van der Waals surface area (Å²) < 4.78 is 1.93. The predicted molar refractivity (Wildman–Crippen MR) is 49.6 cm³/mol. The maximum Gasteiger partial charge on any atom is 0.234 e. The first-order valence-corrected chi connectivity index (χ1v) is 4.40. The molecule has 0 fully saturated rings. The highest BCUT2D eigenvalue weighted by Crippen LogP contribution is 2.14. The summed E-state index contributed by atoms with van der Waals surface area (Å²) in [5.41, 5.74) is 0.920. The van der Waals surface area contributed by atoms with Crippen molar-refractivity contribution in [3.63, 3.8) is 0 Å². The molecule has 0 aliphatic carbocycles. The van der Waals surface area contributed by atoms with E-state index >= 15 is 0 Å². The maximum absolute atomic E-state index is 9.83. The smallest absolute Gasteiger partial charge is 0.234 e. The summed E-state index contributed by atoms with van der Waals surface area (Å²) in [6, 6.07) is 0. The molecule has 13 heavy (non-hydrogen) atoms. The Hall–Kier alpha value is -1.12. The molecule has 0 saturated heterocycles. The first-order valence-electron chi connectivity index (χ1n) is 4.02. The van der Waals surface area contributed by atoms with Crippen molar-refractivity contribution in [1.29, 1.82) is 0 Å². The van der Waals surface area contributed by atoms with Crippen LogP contribution in [0.25, 0.3) is 0 Å². The fourth-order valence-corrected chi connectivity index (χ4v) is 1.36. The summed E-state index contributed by atoms with van der Waals surface area (Å²) in [6.07, 6.45) is 3.80. The number of aromatic nitrogens is 2. The number of aryl methyl sites for hydroxylation is 1. The standard InChI is InChI=1S/C8H10ClN3O/c1-2-12-5-11-8(9)7(12)3-4-10-6-13/h5H,2-4H2,1H3. The van der Waals surface area contributed by atoms with Crippen molar-refractivity contribution in [2.24, 2.45) is 4.99 Å². The topological polar surface area (TPSA) is 47.2 Å². The molecule has 0 spiro atoms. The normalized spacial score (nSPS) is 9.69. The van der Waals surface area contributed by atoms with Gasteiger partial charge >= 0.3 is 0 Å². The Kier molecular flexibility index (Phi) is 3.68. The van der Waals surface area contributed by atoms with Crippen LogP contribution < -0.4 is 0 Å². The summed E-state index contributed by atoms with van der Waals surface area (Å²) in [5.74, 6) is 0. The number of isocyanates is 1. The molecule has 0 N–H and O–H groups in total. The molecule has 1 aromatic rings. The van der Waals surface area contributed by atoms with Gasteiger partial charge in [-0.25, -0.2) is 14.8 Å². The highest BCUT2D eigenvalue weighted by molar-refractivity contribution is 6.30. The highest BCUT2D eigenvalue weighted by atomic mass is 35.5. The van der Waals surface area contributed by atoms with E-state index in [1.54, 1.807) is 6.33 Å². The van der Waals surface area contributed by atoms with Crippen LogP contribution in [0.3, 0.4) is 0 Å². The number of hydrogen-bond donors (Lipinski definition) is 0. The monoisotopic (exact) mass is 199 g/mol. The van der Waals surface area contributed by atoms with Gasteiger partial charge in [-0.1, -0.05) is 11.6 Å². The van der Waals surface area contributed by atoms with Gasteiger partial charge in [-0.15, -0.1) is 0 Å². The van der Waals surface area contributed by atoms with E-state index in [1.807, 2.05) is 11.5 Å². The lowest BCUT2D eigenvalue weighted by molar-refractivity contribution is 0.562. The lowest BCUT2D eigenvalue weighted by Gasteiger charge is -2.02. The molecule has 70 valence electrons. The molecule has 0 saturated carbocycles. The molecule has 0 radical (unpaired) electrons. The Morgan fingerprint density at radius 3 is 3.15 bits per heavy atom. The summed E-state index contributed by atoms with van der Waals surface area (Å²) in [4.78, 5) is 17.2. The third-order valence-corrected chi connectivity index (χ3v) is 2.08. The Bertz CT molecular complexity index is 328. The summed E-state index contributed by atoms with van der Waals surface area (Å²) in [5, 5.41) is 0.489. The molecule has 0 aliphatic rings. The van der Waals surface area contributed by atoms with Crippen molar-refractivity contribution in [1.82, 2.24) is 9.55 Å². The summed E-state index contributed by atoms with van der Waals surface area (Å²) in [6.45, 7) is 3.24. The largest absolute Gasteiger partial charge is 0.333 e. The van der Waals surface area contributed by atoms with Crippen LogP contribution in [0.1, 0.15) is 12.6 Å². The van der Waals surface area contributed by atoms with E-state index in [-0.39, 0.29) is 0 Å². The molecule has 4 nitrogen and oxygen atoms in total. The van der Waals surface area contributed by atoms with Crippen LogP contribution in [-0.2, 0) is 17.8 Å². The zero-order chi connectivity index (χ0) is 9.68. The van der Waals surface area contributed by atoms with Gasteiger partial charge in [0.05, 0.1) is 18.6 Å². The van der Waals surface area contributed by atoms with Gasteiger partial charge in [-0.3, -0.25) is 0 Å². The molecule has 0 bridgehead atoms. The van der Waals surface area contributed by atoms with Crippen molar-refractivity contribution in [3.05, 3.63) is 17.2 Å². The molecule has 5 heteroatoms. The molecule has 0 aromatic carbocycles. The molecule has 0 unspecified atom stereocenters. The average Bonchev–Trinajstić information content (AvgIpc) is 2.48.